The maximum absolute atomic E-state index is 11.5. The summed E-state index contributed by atoms with van der Waals surface area (Å²) in [7, 11) is 3.36. The van der Waals surface area contributed by atoms with Gasteiger partial charge in [-0.05, 0) is 29.8 Å². The molecule has 4 heteroatoms. The summed E-state index contributed by atoms with van der Waals surface area (Å²) in [5, 5.41) is 5.95. The van der Waals surface area contributed by atoms with Crippen LogP contribution in [0, 0.1) is 0 Å². The Hall–Kier alpha value is -2.49. The topological polar surface area (TPSA) is 44.4 Å². The van der Waals surface area contributed by atoms with Crippen LogP contribution in [0.15, 0.2) is 54.6 Å². The summed E-state index contributed by atoms with van der Waals surface area (Å²) >= 11 is 0. The molecule has 0 aliphatic carbocycles. The molecule has 0 aliphatic rings. The van der Waals surface area contributed by atoms with E-state index in [1.807, 2.05) is 42.5 Å². The van der Waals surface area contributed by atoms with E-state index in [-0.39, 0.29) is 6.03 Å². The molecule has 0 saturated heterocycles. The van der Waals surface area contributed by atoms with Crippen LogP contribution in [0.5, 0.6) is 0 Å². The summed E-state index contributed by atoms with van der Waals surface area (Å²) in [6.45, 7) is 0.783. The maximum atomic E-state index is 11.5. The van der Waals surface area contributed by atoms with Crippen LogP contribution >= 0.6 is 0 Å². The van der Waals surface area contributed by atoms with Gasteiger partial charge in [0.1, 0.15) is 0 Å². The number of amides is 2. The van der Waals surface area contributed by atoms with Gasteiger partial charge in [0, 0.05) is 32.0 Å². The van der Waals surface area contributed by atoms with Gasteiger partial charge in [-0.1, -0.05) is 30.3 Å². The first-order chi connectivity index (χ1) is 9.70. The molecule has 0 atom stereocenters. The number of benzene rings is 2. The lowest BCUT2D eigenvalue weighted by molar-refractivity contribution is 0.249. The first-order valence-corrected chi connectivity index (χ1v) is 6.54. The van der Waals surface area contributed by atoms with Crippen LogP contribution < -0.4 is 15.5 Å². The standard InChI is InChI=1S/C16H19N3O/c1-17-16(20)19(2)15-10-8-14(9-11-15)18-12-13-6-4-3-5-7-13/h3-11,18H,12H2,1-2H3,(H,17,20). The second-order valence-corrected chi connectivity index (χ2v) is 4.50. The summed E-state index contributed by atoms with van der Waals surface area (Å²) < 4.78 is 0. The molecule has 0 saturated carbocycles. The minimum atomic E-state index is -0.130. The fourth-order valence-corrected chi connectivity index (χ4v) is 1.89. The van der Waals surface area contributed by atoms with Crippen LogP contribution in [0.25, 0.3) is 0 Å². The molecule has 0 heterocycles. The second-order valence-electron chi connectivity index (χ2n) is 4.50. The minimum absolute atomic E-state index is 0.130. The molecule has 0 fully saturated rings. The monoisotopic (exact) mass is 269 g/mol. The molecule has 0 spiro atoms. The lowest BCUT2D eigenvalue weighted by atomic mass is 10.2. The third-order valence-electron chi connectivity index (χ3n) is 3.11. The summed E-state index contributed by atoms with van der Waals surface area (Å²) in [4.78, 5) is 13.1. The van der Waals surface area contributed by atoms with E-state index in [0.29, 0.717) is 0 Å². The highest BCUT2D eigenvalue weighted by Gasteiger charge is 2.07. The molecule has 0 aromatic heterocycles. The Balaban J connectivity index is 1.96. The van der Waals surface area contributed by atoms with Crippen LogP contribution in [0.4, 0.5) is 16.2 Å². The molecule has 2 N–H and O–H groups in total. The average Bonchev–Trinajstić information content (AvgIpc) is 2.53. The molecule has 0 radical (unpaired) electrons. The molecular formula is C16H19N3O. The number of carbonyl (C=O) groups is 1. The Morgan fingerprint density at radius 3 is 2.30 bits per heavy atom. The molecule has 2 rings (SSSR count). The van der Waals surface area contributed by atoms with Gasteiger partial charge in [0.25, 0.3) is 0 Å². The van der Waals surface area contributed by atoms with Crippen molar-refractivity contribution >= 4 is 17.4 Å². The van der Waals surface area contributed by atoms with Gasteiger partial charge in [0.2, 0.25) is 0 Å². The third-order valence-corrected chi connectivity index (χ3v) is 3.11. The molecule has 2 aromatic rings. The van der Waals surface area contributed by atoms with Gasteiger partial charge in [-0.15, -0.1) is 0 Å². The Labute approximate surface area is 119 Å². The van der Waals surface area contributed by atoms with E-state index >= 15 is 0 Å². The van der Waals surface area contributed by atoms with E-state index < -0.39 is 0 Å². The van der Waals surface area contributed by atoms with E-state index in [1.165, 1.54) is 5.56 Å². The number of anilines is 2. The maximum Gasteiger partial charge on any atom is 0.321 e. The number of nitrogens with zero attached hydrogens (tertiary/aromatic N) is 1. The molecule has 4 nitrogen and oxygen atoms in total. The van der Waals surface area contributed by atoms with Crippen molar-refractivity contribution in [3.8, 4) is 0 Å². The summed E-state index contributed by atoms with van der Waals surface area (Å²) in [6, 6.07) is 17.9. The Morgan fingerprint density at radius 2 is 1.70 bits per heavy atom. The first kappa shape index (κ1) is 13.9. The van der Waals surface area contributed by atoms with Gasteiger partial charge >= 0.3 is 6.03 Å². The zero-order valence-electron chi connectivity index (χ0n) is 11.8. The highest BCUT2D eigenvalue weighted by Crippen LogP contribution is 2.17. The SMILES string of the molecule is CNC(=O)N(C)c1ccc(NCc2ccccc2)cc1. The van der Waals surface area contributed by atoms with E-state index in [0.717, 1.165) is 17.9 Å². The zero-order chi connectivity index (χ0) is 14.4. The number of hydrogen-bond donors (Lipinski definition) is 2. The molecule has 0 unspecified atom stereocenters. The van der Waals surface area contributed by atoms with Crippen molar-refractivity contribution in [2.24, 2.45) is 0 Å². The van der Waals surface area contributed by atoms with Crippen LogP contribution in [-0.2, 0) is 6.54 Å². The zero-order valence-corrected chi connectivity index (χ0v) is 11.8. The summed E-state index contributed by atoms with van der Waals surface area (Å²) in [5.41, 5.74) is 3.12. The average molecular weight is 269 g/mol. The van der Waals surface area contributed by atoms with Crippen molar-refractivity contribution in [3.05, 3.63) is 60.2 Å². The van der Waals surface area contributed by atoms with Crippen molar-refractivity contribution in [1.82, 2.24) is 5.32 Å². The van der Waals surface area contributed by atoms with Gasteiger partial charge in [0.05, 0.1) is 0 Å². The smallest absolute Gasteiger partial charge is 0.321 e. The van der Waals surface area contributed by atoms with E-state index in [9.17, 15) is 4.79 Å². The fourth-order valence-electron chi connectivity index (χ4n) is 1.89. The fraction of sp³-hybridized carbons (Fsp3) is 0.188. The van der Waals surface area contributed by atoms with Crippen molar-refractivity contribution in [2.75, 3.05) is 24.3 Å². The van der Waals surface area contributed by atoms with Gasteiger partial charge in [0.15, 0.2) is 0 Å². The number of carbonyl (C=O) groups excluding carboxylic acids is 1. The van der Waals surface area contributed by atoms with Crippen LogP contribution in [0.2, 0.25) is 0 Å². The largest absolute Gasteiger partial charge is 0.381 e. The number of hydrogen-bond acceptors (Lipinski definition) is 2. The van der Waals surface area contributed by atoms with E-state index in [4.69, 9.17) is 0 Å². The highest BCUT2D eigenvalue weighted by molar-refractivity contribution is 5.91. The lowest BCUT2D eigenvalue weighted by Gasteiger charge is -2.17. The number of urea groups is 1. The summed E-state index contributed by atoms with van der Waals surface area (Å²) in [5.74, 6) is 0. The molecule has 20 heavy (non-hydrogen) atoms. The Kier molecular flexibility index (Phi) is 4.60. The number of rotatable bonds is 4. The quantitative estimate of drug-likeness (QED) is 0.896. The second kappa shape index (κ2) is 6.61. The van der Waals surface area contributed by atoms with Gasteiger partial charge in [-0.2, -0.15) is 0 Å². The van der Waals surface area contributed by atoms with Crippen molar-refractivity contribution in [2.45, 2.75) is 6.54 Å². The number of nitrogens with one attached hydrogen (secondary N) is 2. The van der Waals surface area contributed by atoms with Crippen LogP contribution in [0.1, 0.15) is 5.56 Å². The minimum Gasteiger partial charge on any atom is -0.381 e. The molecule has 2 amide bonds. The molecule has 104 valence electrons. The van der Waals surface area contributed by atoms with Crippen LogP contribution in [0.3, 0.4) is 0 Å². The van der Waals surface area contributed by atoms with Gasteiger partial charge in [-0.25, -0.2) is 4.79 Å². The van der Waals surface area contributed by atoms with Crippen molar-refractivity contribution in [3.63, 3.8) is 0 Å². The van der Waals surface area contributed by atoms with Crippen LogP contribution in [-0.4, -0.2) is 20.1 Å². The Morgan fingerprint density at radius 1 is 1.05 bits per heavy atom. The predicted molar refractivity (Wildman–Crippen MR) is 83.1 cm³/mol. The van der Waals surface area contributed by atoms with Crippen molar-refractivity contribution < 1.29 is 4.79 Å². The lowest BCUT2D eigenvalue weighted by Crippen LogP contribution is -2.34. The third kappa shape index (κ3) is 3.51. The molecule has 2 aromatic carbocycles. The Bertz CT molecular complexity index is 552. The normalized spacial score (nSPS) is 9.90. The highest BCUT2D eigenvalue weighted by atomic mass is 16.2. The first-order valence-electron chi connectivity index (χ1n) is 6.54. The van der Waals surface area contributed by atoms with E-state index in [1.54, 1.807) is 19.0 Å². The van der Waals surface area contributed by atoms with Gasteiger partial charge < -0.3 is 10.6 Å². The summed E-state index contributed by atoms with van der Waals surface area (Å²) in [6.07, 6.45) is 0. The van der Waals surface area contributed by atoms with Gasteiger partial charge in [-0.3, -0.25) is 4.90 Å². The molecule has 0 aliphatic heterocycles. The molecular weight excluding hydrogens is 250 g/mol. The van der Waals surface area contributed by atoms with Crippen molar-refractivity contribution in [1.29, 1.82) is 0 Å². The molecule has 0 bridgehead atoms. The predicted octanol–water partition coefficient (Wildman–Crippen LogP) is 3.07. The van der Waals surface area contributed by atoms with E-state index in [2.05, 4.69) is 22.8 Å².